The largest absolute Gasteiger partial charge is 0.496 e. The summed E-state index contributed by atoms with van der Waals surface area (Å²) in [6.45, 7) is 5.77. The zero-order valence-electron chi connectivity index (χ0n) is 19.0. The van der Waals surface area contributed by atoms with Gasteiger partial charge in [-0.25, -0.2) is 8.42 Å². The summed E-state index contributed by atoms with van der Waals surface area (Å²) in [5.41, 5.74) is 3.43. The topological polar surface area (TPSA) is 84.5 Å². The highest BCUT2D eigenvalue weighted by Gasteiger charge is 2.22. The fourth-order valence-electron chi connectivity index (χ4n) is 3.55. The van der Waals surface area contributed by atoms with Crippen molar-refractivity contribution in [1.29, 1.82) is 0 Å². The van der Waals surface area contributed by atoms with Crippen LogP contribution in [0.1, 0.15) is 46.4 Å². The van der Waals surface area contributed by atoms with Crippen molar-refractivity contribution in [3.8, 4) is 5.75 Å². The summed E-state index contributed by atoms with van der Waals surface area (Å²) in [7, 11) is -2.38. The van der Waals surface area contributed by atoms with Crippen molar-refractivity contribution < 1.29 is 17.9 Å². The number of anilines is 1. The molecule has 8 heteroatoms. The monoisotopic (exact) mass is 486 g/mol. The van der Waals surface area contributed by atoms with Crippen molar-refractivity contribution in [2.75, 3.05) is 11.8 Å². The lowest BCUT2D eigenvalue weighted by atomic mass is 10.0. The minimum Gasteiger partial charge on any atom is -0.496 e. The maximum atomic E-state index is 13.0. The van der Waals surface area contributed by atoms with Crippen molar-refractivity contribution in [1.82, 2.24) is 5.32 Å². The molecular weight excluding hydrogens is 460 g/mol. The molecule has 6 nitrogen and oxygen atoms in total. The Hall–Kier alpha value is -3.03. The number of amides is 1. The molecule has 0 aliphatic carbocycles. The molecule has 0 aliphatic heterocycles. The second-order valence-corrected chi connectivity index (χ2v) is 9.84. The third-order valence-electron chi connectivity index (χ3n) is 5.29. The summed E-state index contributed by atoms with van der Waals surface area (Å²) in [6, 6.07) is 16.7. The number of carbonyl (C=O) groups excluding carboxylic acids is 1. The number of hydrogen-bond donors (Lipinski definition) is 2. The normalized spacial score (nSPS) is 12.2. The van der Waals surface area contributed by atoms with Crippen molar-refractivity contribution in [3.63, 3.8) is 0 Å². The molecule has 0 bridgehead atoms. The predicted octanol–water partition coefficient (Wildman–Crippen LogP) is 5.65. The van der Waals surface area contributed by atoms with E-state index in [1.807, 2.05) is 45.0 Å². The van der Waals surface area contributed by atoms with Crippen LogP contribution in [0, 0.1) is 13.8 Å². The fraction of sp³-hybridized carbons (Fsp3) is 0.240. The Morgan fingerprint density at radius 1 is 1.06 bits per heavy atom. The molecule has 2 N–H and O–H groups in total. The van der Waals surface area contributed by atoms with E-state index in [9.17, 15) is 13.2 Å². The number of methoxy groups -OCH3 is 1. The number of rotatable bonds is 8. The van der Waals surface area contributed by atoms with Crippen LogP contribution in [0.15, 0.2) is 65.6 Å². The molecule has 0 saturated carbocycles. The van der Waals surface area contributed by atoms with E-state index in [2.05, 4.69) is 10.0 Å². The maximum absolute atomic E-state index is 13.0. The van der Waals surface area contributed by atoms with Gasteiger partial charge in [-0.2, -0.15) is 0 Å². The second kappa shape index (κ2) is 10.3. The molecule has 3 aromatic carbocycles. The van der Waals surface area contributed by atoms with Crippen LogP contribution >= 0.6 is 11.6 Å². The number of hydrogen-bond acceptors (Lipinski definition) is 4. The van der Waals surface area contributed by atoms with Gasteiger partial charge in [-0.3, -0.25) is 9.52 Å². The third kappa shape index (κ3) is 5.86. The molecule has 174 valence electrons. The number of nitrogens with one attached hydrogen (secondary N) is 2. The molecule has 1 atom stereocenters. The van der Waals surface area contributed by atoms with Gasteiger partial charge in [0.25, 0.3) is 15.9 Å². The standard InChI is InChI=1S/C25H27ClN2O4S/c1-5-22(18-10-12-23(32-4)17(3)14-18)27-25(29)19-9-11-21(26)24(15-19)33(30,31)28-20-8-6-7-16(2)13-20/h6-15,22,28H,5H2,1-4H3,(H,27,29)/t22-/m0/s1. The number of halogens is 1. The van der Waals surface area contributed by atoms with E-state index in [-0.39, 0.29) is 27.4 Å². The molecule has 0 unspecified atom stereocenters. The van der Waals surface area contributed by atoms with Gasteiger partial charge in [-0.05, 0) is 73.4 Å². The summed E-state index contributed by atoms with van der Waals surface area (Å²) in [6.07, 6.45) is 0.658. The minimum atomic E-state index is -3.99. The fourth-order valence-corrected chi connectivity index (χ4v) is 5.13. The molecule has 0 radical (unpaired) electrons. The molecule has 33 heavy (non-hydrogen) atoms. The average molecular weight is 487 g/mol. The molecule has 3 aromatic rings. The Kier molecular flexibility index (Phi) is 7.66. The highest BCUT2D eigenvalue weighted by Crippen LogP contribution is 2.27. The van der Waals surface area contributed by atoms with Gasteiger partial charge in [0.15, 0.2) is 0 Å². The van der Waals surface area contributed by atoms with Gasteiger partial charge in [0.1, 0.15) is 10.6 Å². The molecule has 0 spiro atoms. The van der Waals surface area contributed by atoms with E-state index >= 15 is 0 Å². The lowest BCUT2D eigenvalue weighted by Gasteiger charge is -2.19. The first-order valence-corrected chi connectivity index (χ1v) is 12.3. The number of aryl methyl sites for hydroxylation is 2. The van der Waals surface area contributed by atoms with E-state index in [4.69, 9.17) is 16.3 Å². The van der Waals surface area contributed by atoms with E-state index in [0.29, 0.717) is 12.1 Å². The van der Waals surface area contributed by atoms with Crippen LogP contribution in [0.4, 0.5) is 5.69 Å². The summed E-state index contributed by atoms with van der Waals surface area (Å²) in [5.74, 6) is 0.382. The van der Waals surface area contributed by atoms with Gasteiger partial charge >= 0.3 is 0 Å². The average Bonchev–Trinajstić information content (AvgIpc) is 2.77. The van der Waals surface area contributed by atoms with Gasteiger partial charge < -0.3 is 10.1 Å². The first kappa shape index (κ1) is 24.6. The Morgan fingerprint density at radius 3 is 2.45 bits per heavy atom. The van der Waals surface area contributed by atoms with E-state index in [0.717, 1.165) is 22.4 Å². The third-order valence-corrected chi connectivity index (χ3v) is 7.15. The first-order chi connectivity index (χ1) is 15.6. The lowest BCUT2D eigenvalue weighted by Crippen LogP contribution is -2.28. The number of sulfonamides is 1. The summed E-state index contributed by atoms with van der Waals surface area (Å²) >= 11 is 6.20. The Morgan fingerprint density at radius 2 is 1.82 bits per heavy atom. The zero-order valence-corrected chi connectivity index (χ0v) is 20.5. The van der Waals surface area contributed by atoms with Gasteiger partial charge in [-0.15, -0.1) is 0 Å². The van der Waals surface area contributed by atoms with Crippen LogP contribution in [0.25, 0.3) is 0 Å². The zero-order chi connectivity index (χ0) is 24.2. The van der Waals surface area contributed by atoms with Crippen LogP contribution in [0.5, 0.6) is 5.75 Å². The van der Waals surface area contributed by atoms with Gasteiger partial charge in [0.2, 0.25) is 0 Å². The van der Waals surface area contributed by atoms with Crippen molar-refractivity contribution in [2.45, 2.75) is 38.1 Å². The number of benzene rings is 3. The van der Waals surface area contributed by atoms with E-state index in [1.165, 1.54) is 18.2 Å². The second-order valence-electron chi connectivity index (χ2n) is 7.78. The molecule has 0 saturated heterocycles. The van der Waals surface area contributed by atoms with E-state index < -0.39 is 10.0 Å². The van der Waals surface area contributed by atoms with Gasteiger partial charge in [0.05, 0.1) is 18.2 Å². The molecule has 0 heterocycles. The quantitative estimate of drug-likeness (QED) is 0.431. The summed E-state index contributed by atoms with van der Waals surface area (Å²) < 4.78 is 33.8. The number of carbonyl (C=O) groups is 1. The highest BCUT2D eigenvalue weighted by molar-refractivity contribution is 7.92. The maximum Gasteiger partial charge on any atom is 0.263 e. The van der Waals surface area contributed by atoms with E-state index in [1.54, 1.807) is 25.3 Å². The molecule has 0 fully saturated rings. The predicted molar refractivity (Wildman–Crippen MR) is 132 cm³/mol. The number of ether oxygens (including phenoxy) is 1. The van der Waals surface area contributed by atoms with Crippen LogP contribution < -0.4 is 14.8 Å². The molecule has 0 aliphatic rings. The van der Waals surface area contributed by atoms with Gasteiger partial charge in [0, 0.05) is 11.3 Å². The van der Waals surface area contributed by atoms with Crippen molar-refractivity contribution in [2.24, 2.45) is 0 Å². The van der Waals surface area contributed by atoms with Crippen LogP contribution in [-0.2, 0) is 10.0 Å². The first-order valence-electron chi connectivity index (χ1n) is 10.5. The SMILES string of the molecule is CC[C@H](NC(=O)c1ccc(Cl)c(S(=O)(=O)Nc2cccc(C)c2)c1)c1ccc(OC)c(C)c1. The van der Waals surface area contributed by atoms with Crippen molar-refractivity contribution in [3.05, 3.63) is 87.9 Å². The molecule has 1 amide bonds. The minimum absolute atomic E-state index is 0.0320. The Bertz CT molecular complexity index is 1280. The summed E-state index contributed by atoms with van der Waals surface area (Å²) in [5, 5.41) is 3.01. The molecule has 3 rings (SSSR count). The van der Waals surface area contributed by atoms with Crippen molar-refractivity contribution >= 4 is 33.2 Å². The molecular formula is C25H27ClN2O4S. The lowest BCUT2D eigenvalue weighted by molar-refractivity contribution is 0.0935. The molecule has 0 aromatic heterocycles. The van der Waals surface area contributed by atoms with Gasteiger partial charge in [-0.1, -0.05) is 42.8 Å². The van der Waals surface area contributed by atoms with Crippen LogP contribution in [0.2, 0.25) is 5.02 Å². The Balaban J connectivity index is 1.85. The Labute approximate surface area is 200 Å². The van der Waals surface area contributed by atoms with Crippen LogP contribution in [-0.4, -0.2) is 21.4 Å². The highest BCUT2D eigenvalue weighted by atomic mass is 35.5. The smallest absolute Gasteiger partial charge is 0.263 e. The van der Waals surface area contributed by atoms with Crippen LogP contribution in [0.3, 0.4) is 0 Å². The summed E-state index contributed by atoms with van der Waals surface area (Å²) in [4.78, 5) is 12.8.